The topological polar surface area (TPSA) is 302 Å². The third kappa shape index (κ3) is 18.1. The predicted molar refractivity (Wildman–Crippen MR) is 495 cm³/mol. The Labute approximate surface area is 754 Å². The van der Waals surface area contributed by atoms with Crippen LogP contribution in [0.25, 0.3) is 83.9 Å². The molecule has 3 saturated heterocycles. The summed E-state index contributed by atoms with van der Waals surface area (Å²) in [5.74, 6) is -1.10. The lowest BCUT2D eigenvalue weighted by Crippen LogP contribution is -2.58. The fourth-order valence-corrected chi connectivity index (χ4v) is 17.7. The molecule has 3 aliphatic rings. The van der Waals surface area contributed by atoms with Gasteiger partial charge in [-0.25, -0.2) is 56.2 Å². The van der Waals surface area contributed by atoms with Gasteiger partial charge in [-0.3, -0.25) is 19.4 Å². The molecule has 5 atom stereocenters. The quantitative estimate of drug-likeness (QED) is 0.0721. The third-order valence-corrected chi connectivity index (χ3v) is 24.1. The molecule has 3 amide bonds. The highest BCUT2D eigenvalue weighted by Crippen LogP contribution is 2.43. The van der Waals surface area contributed by atoms with E-state index >= 15 is 8.78 Å². The molecule has 0 N–H and O–H groups in total. The molecular weight excluding hydrogens is 1690 g/mol. The van der Waals surface area contributed by atoms with E-state index in [0.29, 0.717) is 107 Å². The molecule has 662 valence electrons. The van der Waals surface area contributed by atoms with Crippen LogP contribution in [0.4, 0.5) is 30.6 Å². The number of nitriles is 1. The number of amides is 3. The third-order valence-electron chi connectivity index (χ3n) is 23.2. The number of nitrogens with zero attached hydrogens (tertiary/aromatic N) is 21. The van der Waals surface area contributed by atoms with E-state index in [1.54, 1.807) is 106 Å². The van der Waals surface area contributed by atoms with Crippen molar-refractivity contribution in [2.45, 2.75) is 170 Å². The summed E-state index contributed by atoms with van der Waals surface area (Å²) >= 11 is 20.4. The number of fused-ring (bicyclic) bond motifs is 3. The van der Waals surface area contributed by atoms with Crippen molar-refractivity contribution in [1.82, 2.24) is 83.7 Å². The summed E-state index contributed by atoms with van der Waals surface area (Å²) in [5, 5.41) is 28.9. The van der Waals surface area contributed by atoms with Crippen molar-refractivity contribution in [3.63, 3.8) is 0 Å². The number of hydrogen-bond acceptors (Lipinski definition) is 21. The summed E-state index contributed by atoms with van der Waals surface area (Å²) in [7, 11) is 0. The first-order valence-electron chi connectivity index (χ1n) is 42.3. The number of aromatic nitrogens is 14. The van der Waals surface area contributed by atoms with Gasteiger partial charge in [-0.1, -0.05) is 160 Å². The maximum absolute atomic E-state index is 15.0. The molecular formula is C95H99Cl3F3N21O6. The van der Waals surface area contributed by atoms with Crippen LogP contribution in [0.2, 0.25) is 15.1 Å². The highest BCUT2D eigenvalue weighted by atomic mass is 35.5. The lowest BCUT2D eigenvalue weighted by Gasteiger charge is -2.44. The minimum Gasteiger partial charge on any atom is -0.352 e. The first kappa shape index (κ1) is 92.7. The van der Waals surface area contributed by atoms with Gasteiger partial charge in [0.15, 0.2) is 16.9 Å². The molecule has 3 aromatic carbocycles. The van der Waals surface area contributed by atoms with E-state index in [1.165, 1.54) is 50.1 Å². The molecule has 0 spiro atoms. The first-order valence-corrected chi connectivity index (χ1v) is 43.4. The average molecular weight is 1790 g/mol. The van der Waals surface area contributed by atoms with Crippen LogP contribution in [0.15, 0.2) is 168 Å². The molecule has 12 heterocycles. The Morgan fingerprint density at radius 2 is 0.875 bits per heavy atom. The molecule has 3 aliphatic heterocycles. The molecule has 0 aliphatic carbocycles. The molecule has 0 saturated carbocycles. The zero-order valence-corrected chi connectivity index (χ0v) is 76.1. The number of benzene rings is 3. The molecule has 0 radical (unpaired) electrons. The average Bonchev–Trinajstić information content (AvgIpc) is 0.739. The van der Waals surface area contributed by atoms with E-state index < -0.39 is 40.6 Å². The number of piperazine rings is 3. The highest BCUT2D eigenvalue weighted by Gasteiger charge is 2.39. The zero-order valence-electron chi connectivity index (χ0n) is 73.9. The number of anilines is 3. The van der Waals surface area contributed by atoms with Gasteiger partial charge < -0.3 is 29.4 Å². The van der Waals surface area contributed by atoms with Crippen LogP contribution >= 0.6 is 34.8 Å². The van der Waals surface area contributed by atoms with E-state index in [0.717, 1.165) is 16.7 Å². The number of carbonyl (C=O) groups excluding carboxylic acids is 3. The normalized spacial score (nSPS) is 16.6. The van der Waals surface area contributed by atoms with E-state index in [4.69, 9.17) is 49.8 Å². The highest BCUT2D eigenvalue weighted by molar-refractivity contribution is 6.35. The van der Waals surface area contributed by atoms with Gasteiger partial charge in [-0.2, -0.15) is 40.6 Å². The maximum atomic E-state index is 15.0. The van der Waals surface area contributed by atoms with E-state index in [-0.39, 0.29) is 150 Å². The molecule has 12 aromatic rings. The van der Waals surface area contributed by atoms with E-state index in [2.05, 4.69) is 66.1 Å². The van der Waals surface area contributed by atoms with Gasteiger partial charge in [0.25, 0.3) is 0 Å². The Bertz CT molecular complexity index is 6570. The number of pyridine rings is 4. The van der Waals surface area contributed by atoms with Crippen molar-refractivity contribution < 1.29 is 27.6 Å². The van der Waals surface area contributed by atoms with Crippen LogP contribution in [-0.2, 0) is 14.4 Å². The number of aryl methyl sites for hydroxylation is 1. The van der Waals surface area contributed by atoms with Crippen LogP contribution in [0.3, 0.4) is 0 Å². The minimum atomic E-state index is -0.591. The van der Waals surface area contributed by atoms with Crippen molar-refractivity contribution in [3.05, 3.63) is 251 Å². The van der Waals surface area contributed by atoms with Gasteiger partial charge in [-0.15, -0.1) is 0 Å². The minimum absolute atomic E-state index is 0.000128. The summed E-state index contributed by atoms with van der Waals surface area (Å²) in [5.41, 5.74) is 6.31. The Balaban J connectivity index is 0.000000164. The summed E-state index contributed by atoms with van der Waals surface area (Å²) in [6, 6.07) is 26.5. The molecule has 33 heteroatoms. The number of rotatable bonds is 18. The lowest BCUT2D eigenvalue weighted by molar-refractivity contribution is -0.131. The van der Waals surface area contributed by atoms with Gasteiger partial charge in [0, 0.05) is 104 Å². The molecule has 128 heavy (non-hydrogen) atoms. The Morgan fingerprint density at radius 1 is 0.477 bits per heavy atom. The first-order chi connectivity index (χ1) is 61.0. The number of carbonyl (C=O) groups is 3. The zero-order chi connectivity index (χ0) is 92.5. The lowest BCUT2D eigenvalue weighted by atomic mass is 9.98. The monoisotopic (exact) mass is 1790 g/mol. The van der Waals surface area contributed by atoms with Gasteiger partial charge in [0.05, 0.1) is 113 Å². The Kier molecular flexibility index (Phi) is 28.0. The van der Waals surface area contributed by atoms with Gasteiger partial charge >= 0.3 is 17.1 Å². The Hall–Kier alpha value is -13.0. The SMILES string of the molecule is C=CC(=O)N1CC(C)N(c2nc(=O)n(-c3c(C(C)C)cnnc3C(C)C)c3nc(-c4ccccc4F)c(Cl)cc23)CC1C.C=CC(=O)N1CCN(c2nc(=O)n(-c3c(C)ccnc3C(C)C)c3nc(-c4ccccc4F)c(Cl)cc23)CC1CC#N.C=CC(=O)N1[C@H](C)CN(c2nc(=O)n(-c3c(C(C)C)cnnc3C(C)C)c3nc(-c4ccccc4F)c(Cl)cc23)C[C@@H]1C. The van der Waals surface area contributed by atoms with Crippen LogP contribution in [-0.4, -0.2) is 177 Å². The second kappa shape index (κ2) is 38.7. The van der Waals surface area contributed by atoms with Crippen LogP contribution in [0.5, 0.6) is 0 Å². The molecule has 9 aromatic heterocycles. The molecule has 15 rings (SSSR count). The smallest absolute Gasteiger partial charge is 0.352 e. The largest absolute Gasteiger partial charge is 0.355 e. The molecule has 27 nitrogen and oxygen atoms in total. The van der Waals surface area contributed by atoms with Gasteiger partial charge in [0.2, 0.25) is 17.7 Å². The fourth-order valence-electron chi connectivity index (χ4n) is 17.0. The van der Waals surface area contributed by atoms with Crippen molar-refractivity contribution in [1.29, 1.82) is 5.26 Å². The van der Waals surface area contributed by atoms with E-state index in [1.807, 2.05) is 125 Å². The standard InChI is InChI=1S/2C32H35ClFN7O2.C31H29ClFN7O2/c1-8-26(42)39-15-20(7)40(16-19(39)6)30-22-13-24(33)28(21-11-9-10-12-25(21)34)36-31(22)41(32(43)37-30)29-23(17(2)3)14-35-38-27(29)18(4)5;1-8-26(42)40-19(6)15-39(16-20(40)7)30-22-13-24(33)28(21-11-9-10-12-25(21)34)36-31(22)41(32(43)37-30)29-23(17(2)3)14-35-38-27(29)18(4)5;1-5-25(41)39-15-14-38(17-20(39)10-12-34)29-22-16-23(32)27(21-8-6-7-9-24(21)33)36-30(22)40(31(42)37-29)28-19(4)11-13-35-26(28)18(2)3/h2*8-14,17-20H,1,15-16H2,2-7H3;5-9,11,13,16,18,20H,1,10,14-15,17H2,2-4H3/t;19-,20+;. The number of halogens is 6. The Morgan fingerprint density at radius 3 is 1.28 bits per heavy atom. The molecule has 3 unspecified atom stereocenters. The van der Waals surface area contributed by atoms with Crippen molar-refractivity contribution in [3.8, 4) is 56.9 Å². The van der Waals surface area contributed by atoms with E-state index in [9.17, 15) is 38.4 Å². The van der Waals surface area contributed by atoms with Gasteiger partial charge in [-0.05, 0) is 149 Å². The van der Waals surface area contributed by atoms with Crippen LogP contribution < -0.4 is 31.8 Å². The van der Waals surface area contributed by atoms with Crippen LogP contribution in [0, 0.1) is 35.7 Å². The molecule has 3 fully saturated rings. The summed E-state index contributed by atoms with van der Waals surface area (Å²) in [6.45, 7) is 43.1. The van der Waals surface area contributed by atoms with Crippen molar-refractivity contribution in [2.75, 3.05) is 60.5 Å². The second-order valence-electron chi connectivity index (χ2n) is 33.7. The fraction of sp³-hybridized carbons (Fsp3) is 0.347. The van der Waals surface area contributed by atoms with Gasteiger partial charge in [0.1, 0.15) is 34.9 Å². The van der Waals surface area contributed by atoms with Crippen molar-refractivity contribution in [2.24, 2.45) is 0 Å². The number of hydrogen-bond donors (Lipinski definition) is 0. The maximum Gasteiger partial charge on any atom is 0.355 e. The summed E-state index contributed by atoms with van der Waals surface area (Å²) in [6.07, 6.45) is 8.95. The second-order valence-corrected chi connectivity index (χ2v) is 34.9. The molecule has 0 bridgehead atoms. The summed E-state index contributed by atoms with van der Waals surface area (Å²) < 4.78 is 49.4. The summed E-state index contributed by atoms with van der Waals surface area (Å²) in [4.78, 5) is 124. The van der Waals surface area contributed by atoms with Crippen molar-refractivity contribution >= 4 is 103 Å². The van der Waals surface area contributed by atoms with Crippen LogP contribution in [0.1, 0.15) is 167 Å². The predicted octanol–water partition coefficient (Wildman–Crippen LogP) is 17.0.